The normalized spacial score (nSPS) is 16.7. The van der Waals surface area contributed by atoms with Crippen LogP contribution in [0.1, 0.15) is 27.2 Å². The largest absolute Gasteiger partial charge is 0.478 e. The maximum Gasteiger partial charge on any atom is 0.266 e. The van der Waals surface area contributed by atoms with Crippen LogP contribution in [0, 0.1) is 0 Å². The van der Waals surface area contributed by atoms with E-state index >= 15 is 0 Å². The number of anilines is 1. The third-order valence-electron chi connectivity index (χ3n) is 3.04. The van der Waals surface area contributed by atoms with Gasteiger partial charge in [-0.3, -0.25) is 14.4 Å². The van der Waals surface area contributed by atoms with Gasteiger partial charge >= 0.3 is 0 Å². The summed E-state index contributed by atoms with van der Waals surface area (Å²) in [6.45, 7) is 5.42. The van der Waals surface area contributed by atoms with Gasteiger partial charge in [0.15, 0.2) is 6.10 Å². The first-order valence-electron chi connectivity index (χ1n) is 7.39. The van der Waals surface area contributed by atoms with Crippen molar-refractivity contribution in [2.45, 2.75) is 38.8 Å². The molecule has 1 aromatic rings. The Labute approximate surface area is 134 Å². The lowest BCUT2D eigenvalue weighted by Gasteiger charge is -2.25. The molecule has 1 heterocycles. The van der Waals surface area contributed by atoms with Gasteiger partial charge < -0.3 is 20.7 Å². The number of ether oxygens (including phenoxy) is 1. The number of amides is 3. The molecule has 7 nitrogen and oxygen atoms in total. The molecule has 0 bridgehead atoms. The Hall–Kier alpha value is -2.57. The Balaban J connectivity index is 1.84. The third-order valence-corrected chi connectivity index (χ3v) is 3.04. The average Bonchev–Trinajstić information content (AvgIpc) is 2.44. The predicted octanol–water partition coefficient (Wildman–Crippen LogP) is 0.807. The van der Waals surface area contributed by atoms with Gasteiger partial charge in [0, 0.05) is 5.54 Å². The topological polar surface area (TPSA) is 96.5 Å². The highest BCUT2D eigenvalue weighted by atomic mass is 16.5. The highest BCUT2D eigenvalue weighted by Gasteiger charge is 2.29. The quantitative estimate of drug-likeness (QED) is 0.765. The minimum Gasteiger partial charge on any atom is -0.478 e. The number of hydrogen-bond acceptors (Lipinski definition) is 4. The molecule has 1 atom stereocenters. The molecule has 0 saturated carbocycles. The second kappa shape index (κ2) is 6.68. The van der Waals surface area contributed by atoms with Crippen LogP contribution in [0.3, 0.4) is 0 Å². The lowest BCUT2D eigenvalue weighted by Crippen LogP contribution is -2.47. The predicted molar refractivity (Wildman–Crippen MR) is 85.0 cm³/mol. The van der Waals surface area contributed by atoms with E-state index in [1.54, 1.807) is 24.3 Å². The number of fused-ring (bicyclic) bond motifs is 1. The molecule has 1 aliphatic rings. The second-order valence-electron chi connectivity index (χ2n) is 6.37. The molecule has 0 saturated heterocycles. The maximum atomic E-state index is 11.9. The molecule has 1 aliphatic heterocycles. The standard InChI is InChI=1S/C16H21N3O4/c1-16(2,3)19-14(21)9-17-13(20)8-12-15(22)18-10-6-4-5-7-11(10)23-12/h4-7,12H,8-9H2,1-3H3,(H,17,20)(H,18,22)(H,19,21)/t12-/m1/s1. The van der Waals surface area contributed by atoms with E-state index in [0.29, 0.717) is 11.4 Å². The molecular weight excluding hydrogens is 298 g/mol. The van der Waals surface area contributed by atoms with Crippen molar-refractivity contribution in [3.8, 4) is 5.75 Å². The lowest BCUT2D eigenvalue weighted by molar-refractivity contribution is -0.131. The Morgan fingerprint density at radius 1 is 1.22 bits per heavy atom. The highest BCUT2D eigenvalue weighted by Crippen LogP contribution is 2.29. The number of hydrogen-bond donors (Lipinski definition) is 3. The van der Waals surface area contributed by atoms with E-state index in [9.17, 15) is 14.4 Å². The van der Waals surface area contributed by atoms with E-state index in [-0.39, 0.29) is 30.3 Å². The molecule has 23 heavy (non-hydrogen) atoms. The SMILES string of the molecule is CC(C)(C)NC(=O)CNC(=O)C[C@H]1Oc2ccccc2NC1=O. The monoisotopic (exact) mass is 319 g/mol. The molecule has 0 aromatic heterocycles. The summed E-state index contributed by atoms with van der Waals surface area (Å²) in [4.78, 5) is 35.5. The van der Waals surface area contributed by atoms with Gasteiger partial charge in [-0.25, -0.2) is 0 Å². The summed E-state index contributed by atoms with van der Waals surface area (Å²) in [5.41, 5.74) is 0.219. The summed E-state index contributed by atoms with van der Waals surface area (Å²) in [6, 6.07) is 7.00. The number of carbonyl (C=O) groups excluding carboxylic acids is 3. The first-order chi connectivity index (χ1) is 10.7. The molecule has 1 aromatic carbocycles. The fourth-order valence-corrected chi connectivity index (χ4v) is 2.11. The molecule has 0 aliphatic carbocycles. The van der Waals surface area contributed by atoms with Gasteiger partial charge in [-0.05, 0) is 32.9 Å². The summed E-state index contributed by atoms with van der Waals surface area (Å²) < 4.78 is 5.53. The minimum atomic E-state index is -0.907. The van der Waals surface area contributed by atoms with Gasteiger partial charge in [-0.15, -0.1) is 0 Å². The molecule has 2 rings (SSSR count). The molecular formula is C16H21N3O4. The Kier molecular flexibility index (Phi) is 4.88. The van der Waals surface area contributed by atoms with Crippen LogP contribution in [0.4, 0.5) is 5.69 Å². The van der Waals surface area contributed by atoms with Crippen molar-refractivity contribution in [2.75, 3.05) is 11.9 Å². The van der Waals surface area contributed by atoms with Crippen LogP contribution in [0.15, 0.2) is 24.3 Å². The van der Waals surface area contributed by atoms with Gasteiger partial charge in [-0.2, -0.15) is 0 Å². The van der Waals surface area contributed by atoms with Crippen LogP contribution in [-0.4, -0.2) is 35.9 Å². The molecule has 124 valence electrons. The van der Waals surface area contributed by atoms with Crippen LogP contribution < -0.4 is 20.7 Å². The van der Waals surface area contributed by atoms with Gasteiger partial charge in [-0.1, -0.05) is 12.1 Å². The van der Waals surface area contributed by atoms with Crippen molar-refractivity contribution < 1.29 is 19.1 Å². The average molecular weight is 319 g/mol. The Morgan fingerprint density at radius 2 is 1.91 bits per heavy atom. The molecule has 0 unspecified atom stereocenters. The number of benzene rings is 1. The van der Waals surface area contributed by atoms with E-state index < -0.39 is 12.0 Å². The van der Waals surface area contributed by atoms with Crippen molar-refractivity contribution in [1.82, 2.24) is 10.6 Å². The molecule has 0 radical (unpaired) electrons. The van der Waals surface area contributed by atoms with Crippen LogP contribution in [0.25, 0.3) is 0 Å². The van der Waals surface area contributed by atoms with Crippen molar-refractivity contribution >= 4 is 23.4 Å². The van der Waals surface area contributed by atoms with Gasteiger partial charge in [0.2, 0.25) is 11.8 Å². The number of para-hydroxylation sites is 2. The first-order valence-corrected chi connectivity index (χ1v) is 7.39. The second-order valence-corrected chi connectivity index (χ2v) is 6.37. The maximum absolute atomic E-state index is 11.9. The van der Waals surface area contributed by atoms with E-state index in [0.717, 1.165) is 0 Å². The van der Waals surface area contributed by atoms with Gasteiger partial charge in [0.05, 0.1) is 18.7 Å². The minimum absolute atomic E-state index is 0.138. The number of rotatable bonds is 4. The van der Waals surface area contributed by atoms with Crippen LogP contribution in [-0.2, 0) is 14.4 Å². The van der Waals surface area contributed by atoms with Crippen molar-refractivity contribution in [3.63, 3.8) is 0 Å². The van der Waals surface area contributed by atoms with E-state index in [1.165, 1.54) is 0 Å². The fourth-order valence-electron chi connectivity index (χ4n) is 2.11. The molecule has 3 amide bonds. The van der Waals surface area contributed by atoms with Crippen molar-refractivity contribution in [1.29, 1.82) is 0 Å². The van der Waals surface area contributed by atoms with E-state index in [4.69, 9.17) is 4.74 Å². The molecule has 3 N–H and O–H groups in total. The Bertz CT molecular complexity index is 622. The van der Waals surface area contributed by atoms with E-state index in [2.05, 4.69) is 16.0 Å². The summed E-state index contributed by atoms with van der Waals surface area (Å²) in [5, 5.41) is 7.91. The Morgan fingerprint density at radius 3 is 2.61 bits per heavy atom. The fraction of sp³-hybridized carbons (Fsp3) is 0.438. The molecule has 0 fully saturated rings. The summed E-state index contributed by atoms with van der Waals surface area (Å²) >= 11 is 0. The highest BCUT2D eigenvalue weighted by molar-refractivity contribution is 6.00. The summed E-state index contributed by atoms with van der Waals surface area (Å²) in [5.74, 6) is -0.563. The lowest BCUT2D eigenvalue weighted by atomic mass is 10.1. The molecule has 0 spiro atoms. The van der Waals surface area contributed by atoms with E-state index in [1.807, 2.05) is 20.8 Å². The smallest absolute Gasteiger partial charge is 0.266 e. The zero-order valence-electron chi connectivity index (χ0n) is 13.4. The van der Waals surface area contributed by atoms with Gasteiger partial charge in [0.25, 0.3) is 5.91 Å². The van der Waals surface area contributed by atoms with Gasteiger partial charge in [0.1, 0.15) is 5.75 Å². The third kappa shape index (κ3) is 4.98. The zero-order valence-corrected chi connectivity index (χ0v) is 13.4. The zero-order chi connectivity index (χ0) is 17.0. The van der Waals surface area contributed by atoms with Crippen LogP contribution in [0.5, 0.6) is 5.75 Å². The first kappa shape index (κ1) is 16.8. The number of carbonyl (C=O) groups is 3. The van der Waals surface area contributed by atoms with Crippen LogP contribution >= 0.6 is 0 Å². The van der Waals surface area contributed by atoms with Crippen molar-refractivity contribution in [3.05, 3.63) is 24.3 Å². The van der Waals surface area contributed by atoms with Crippen LogP contribution in [0.2, 0.25) is 0 Å². The number of nitrogens with one attached hydrogen (secondary N) is 3. The molecule has 7 heteroatoms. The van der Waals surface area contributed by atoms with Crippen molar-refractivity contribution in [2.24, 2.45) is 0 Å². The summed E-state index contributed by atoms with van der Waals surface area (Å²) in [7, 11) is 0. The summed E-state index contributed by atoms with van der Waals surface area (Å²) in [6.07, 6.45) is -1.06.